The number of aromatic amines is 1. The predicted molar refractivity (Wildman–Crippen MR) is 92.4 cm³/mol. The predicted octanol–water partition coefficient (Wildman–Crippen LogP) is 2.56. The van der Waals surface area contributed by atoms with Crippen LogP contribution in [0.1, 0.15) is 6.92 Å². The van der Waals surface area contributed by atoms with Crippen molar-refractivity contribution in [1.29, 1.82) is 0 Å². The Morgan fingerprint density at radius 3 is 2.62 bits per heavy atom. The highest BCUT2D eigenvalue weighted by Crippen LogP contribution is 2.26. The van der Waals surface area contributed by atoms with Crippen molar-refractivity contribution in [2.75, 3.05) is 31.1 Å². The van der Waals surface area contributed by atoms with Gasteiger partial charge in [-0.05, 0) is 19.1 Å². The summed E-state index contributed by atoms with van der Waals surface area (Å²) in [6.45, 7) is 1.55. The van der Waals surface area contributed by atoms with E-state index in [0.29, 0.717) is 24.5 Å². The van der Waals surface area contributed by atoms with Crippen molar-refractivity contribution in [3.63, 3.8) is 0 Å². The molecule has 3 rings (SSSR count). The zero-order valence-corrected chi connectivity index (χ0v) is 14.7. The molecule has 0 aromatic carbocycles. The first kappa shape index (κ1) is 18.7. The summed E-state index contributed by atoms with van der Waals surface area (Å²) in [5, 5.41) is -0.0701. The lowest BCUT2D eigenvalue weighted by Crippen LogP contribution is -2.54. The summed E-state index contributed by atoms with van der Waals surface area (Å²) < 4.78 is 38.0. The van der Waals surface area contributed by atoms with Gasteiger partial charge in [0.15, 0.2) is 5.82 Å². The van der Waals surface area contributed by atoms with Gasteiger partial charge in [-0.25, -0.2) is 4.98 Å². The number of rotatable bonds is 3. The van der Waals surface area contributed by atoms with E-state index in [9.17, 15) is 18.0 Å². The van der Waals surface area contributed by atoms with Gasteiger partial charge in [0.05, 0.1) is 6.54 Å². The average Bonchev–Trinajstić information content (AvgIpc) is 2.59. The van der Waals surface area contributed by atoms with E-state index in [0.717, 1.165) is 0 Å². The standard InChI is InChI=1S/C16H17ClF3N5O/c1-10-8-24(6-7-25(10)9-16(18,19)20)14-12(17)15(26)23-13(22-14)11-2-4-21-5-3-11/h2-5,10H,6-9H2,1H3,(H,22,23,26). The molecule has 0 amide bonds. The third kappa shape index (κ3) is 4.16. The first-order chi connectivity index (χ1) is 12.2. The van der Waals surface area contributed by atoms with Gasteiger partial charge >= 0.3 is 6.18 Å². The van der Waals surface area contributed by atoms with Crippen molar-refractivity contribution in [2.45, 2.75) is 19.1 Å². The maximum absolute atomic E-state index is 12.7. The minimum absolute atomic E-state index is 0.0701. The number of hydrogen-bond acceptors (Lipinski definition) is 5. The van der Waals surface area contributed by atoms with Crippen LogP contribution in [0.2, 0.25) is 5.02 Å². The molecule has 0 saturated carbocycles. The van der Waals surface area contributed by atoms with Crippen molar-refractivity contribution in [3.8, 4) is 11.4 Å². The van der Waals surface area contributed by atoms with Crippen molar-refractivity contribution < 1.29 is 13.2 Å². The van der Waals surface area contributed by atoms with Crippen LogP contribution >= 0.6 is 11.6 Å². The molecule has 1 N–H and O–H groups in total. The number of aromatic nitrogens is 3. The topological polar surface area (TPSA) is 65.1 Å². The third-order valence-corrected chi connectivity index (χ3v) is 4.59. The number of H-pyrrole nitrogens is 1. The molecule has 1 saturated heterocycles. The van der Waals surface area contributed by atoms with Gasteiger partial charge in [0.25, 0.3) is 5.56 Å². The molecule has 3 heterocycles. The SMILES string of the molecule is CC1CN(c2nc(-c3ccncc3)[nH]c(=O)c2Cl)CCN1CC(F)(F)F. The molecular weight excluding hydrogens is 371 g/mol. The minimum Gasteiger partial charge on any atom is -0.352 e. The Bertz CT molecular complexity index is 827. The maximum Gasteiger partial charge on any atom is 0.401 e. The molecule has 1 unspecified atom stereocenters. The molecule has 6 nitrogen and oxygen atoms in total. The van der Waals surface area contributed by atoms with E-state index in [1.54, 1.807) is 36.4 Å². The number of nitrogens with one attached hydrogen (secondary N) is 1. The molecule has 0 radical (unpaired) electrons. The molecule has 0 spiro atoms. The summed E-state index contributed by atoms with van der Waals surface area (Å²) in [5.41, 5.74) is 0.174. The van der Waals surface area contributed by atoms with Crippen molar-refractivity contribution >= 4 is 17.4 Å². The lowest BCUT2D eigenvalue weighted by atomic mass is 10.2. The summed E-state index contributed by atoms with van der Waals surface area (Å²) in [6.07, 6.45) is -1.10. The molecular formula is C16H17ClF3N5O. The van der Waals surface area contributed by atoms with Crippen LogP contribution < -0.4 is 10.5 Å². The van der Waals surface area contributed by atoms with Crippen LogP contribution in [0.15, 0.2) is 29.3 Å². The number of pyridine rings is 1. The number of halogens is 4. The van der Waals surface area contributed by atoms with Crippen LogP contribution in [0.4, 0.5) is 19.0 Å². The molecule has 140 valence electrons. The molecule has 1 aliphatic rings. The monoisotopic (exact) mass is 387 g/mol. The van der Waals surface area contributed by atoms with Crippen LogP contribution in [0.25, 0.3) is 11.4 Å². The van der Waals surface area contributed by atoms with Crippen LogP contribution in [0.3, 0.4) is 0 Å². The van der Waals surface area contributed by atoms with Crippen LogP contribution in [-0.2, 0) is 0 Å². The summed E-state index contributed by atoms with van der Waals surface area (Å²) in [6, 6.07) is 3.03. The Balaban J connectivity index is 1.86. The Morgan fingerprint density at radius 2 is 2.00 bits per heavy atom. The van der Waals surface area contributed by atoms with E-state index < -0.39 is 18.3 Å². The molecule has 0 aliphatic carbocycles. The number of nitrogens with zero attached hydrogens (tertiary/aromatic N) is 4. The molecule has 2 aromatic rings. The molecule has 0 bridgehead atoms. The van der Waals surface area contributed by atoms with E-state index in [4.69, 9.17) is 11.6 Å². The highest BCUT2D eigenvalue weighted by molar-refractivity contribution is 6.32. The van der Waals surface area contributed by atoms with Crippen LogP contribution in [0.5, 0.6) is 0 Å². The van der Waals surface area contributed by atoms with Gasteiger partial charge in [-0.15, -0.1) is 0 Å². The lowest BCUT2D eigenvalue weighted by Gasteiger charge is -2.40. The van der Waals surface area contributed by atoms with E-state index in [1.807, 2.05) is 0 Å². The molecule has 26 heavy (non-hydrogen) atoms. The number of alkyl halides is 3. The second-order valence-electron chi connectivity index (χ2n) is 6.17. The zero-order chi connectivity index (χ0) is 18.9. The van der Waals surface area contributed by atoms with Crippen LogP contribution in [-0.4, -0.2) is 58.2 Å². The minimum atomic E-state index is -4.25. The van der Waals surface area contributed by atoms with E-state index in [1.165, 1.54) is 4.90 Å². The summed E-state index contributed by atoms with van der Waals surface area (Å²) in [7, 11) is 0. The quantitative estimate of drug-likeness (QED) is 0.876. The lowest BCUT2D eigenvalue weighted by molar-refractivity contribution is -0.150. The number of anilines is 1. The molecule has 1 fully saturated rings. The van der Waals surface area contributed by atoms with Gasteiger partial charge in [0, 0.05) is 43.6 Å². The second-order valence-corrected chi connectivity index (χ2v) is 6.55. The Kier molecular flexibility index (Phi) is 5.19. The Labute approximate surface area is 152 Å². The smallest absolute Gasteiger partial charge is 0.352 e. The summed E-state index contributed by atoms with van der Waals surface area (Å²) >= 11 is 6.12. The molecule has 1 atom stereocenters. The summed E-state index contributed by atoms with van der Waals surface area (Å²) in [4.78, 5) is 26.3. The van der Waals surface area contributed by atoms with Gasteiger partial charge in [-0.3, -0.25) is 14.7 Å². The van der Waals surface area contributed by atoms with Crippen molar-refractivity contribution in [1.82, 2.24) is 19.9 Å². The fraction of sp³-hybridized carbons (Fsp3) is 0.438. The Morgan fingerprint density at radius 1 is 1.31 bits per heavy atom. The highest BCUT2D eigenvalue weighted by Gasteiger charge is 2.35. The summed E-state index contributed by atoms with van der Waals surface area (Å²) in [5.74, 6) is 0.614. The number of hydrogen-bond donors (Lipinski definition) is 1. The van der Waals surface area contributed by atoms with E-state index >= 15 is 0 Å². The van der Waals surface area contributed by atoms with Gasteiger partial charge in [-0.2, -0.15) is 13.2 Å². The fourth-order valence-corrected chi connectivity index (χ4v) is 3.16. The average molecular weight is 388 g/mol. The van der Waals surface area contributed by atoms with Gasteiger partial charge in [0.2, 0.25) is 0 Å². The second kappa shape index (κ2) is 7.24. The normalized spacial score (nSPS) is 19.0. The van der Waals surface area contributed by atoms with Gasteiger partial charge in [0.1, 0.15) is 10.8 Å². The Hall–Kier alpha value is -2.13. The van der Waals surface area contributed by atoms with Crippen molar-refractivity contribution in [2.24, 2.45) is 0 Å². The first-order valence-electron chi connectivity index (χ1n) is 8.00. The third-order valence-electron chi connectivity index (χ3n) is 4.25. The van der Waals surface area contributed by atoms with Crippen LogP contribution in [0, 0.1) is 0 Å². The number of piperazine rings is 1. The molecule has 1 aliphatic heterocycles. The maximum atomic E-state index is 12.7. The van der Waals surface area contributed by atoms with Crippen molar-refractivity contribution in [3.05, 3.63) is 39.9 Å². The zero-order valence-electron chi connectivity index (χ0n) is 13.9. The van der Waals surface area contributed by atoms with E-state index in [-0.39, 0.29) is 23.4 Å². The largest absolute Gasteiger partial charge is 0.401 e. The van der Waals surface area contributed by atoms with Gasteiger partial charge < -0.3 is 9.88 Å². The van der Waals surface area contributed by atoms with E-state index in [2.05, 4.69) is 15.0 Å². The molecule has 10 heteroatoms. The molecule has 2 aromatic heterocycles. The first-order valence-corrected chi connectivity index (χ1v) is 8.38. The highest BCUT2D eigenvalue weighted by atomic mass is 35.5. The fourth-order valence-electron chi connectivity index (χ4n) is 2.96. The van der Waals surface area contributed by atoms with Gasteiger partial charge in [-0.1, -0.05) is 11.6 Å².